The molecule has 0 aromatic heterocycles. The zero-order valence-corrected chi connectivity index (χ0v) is 21.3. The molecule has 2 aliphatic rings. The number of Topliss-reactive ketones (excluding diaryl/α,β-unsaturated/α-hetero) is 1. The van der Waals surface area contributed by atoms with Crippen LogP contribution in [0.2, 0.25) is 0 Å². The number of piperidine rings is 1. The highest BCUT2D eigenvalue weighted by Gasteiger charge is 2.43. The Kier molecular flexibility index (Phi) is 8.07. The lowest BCUT2D eigenvalue weighted by molar-refractivity contribution is -0.135. The summed E-state index contributed by atoms with van der Waals surface area (Å²) in [4.78, 5) is 44.9. The second-order valence-electron chi connectivity index (χ2n) is 10.2. The number of hydrogen-bond donors (Lipinski definition) is 0. The van der Waals surface area contributed by atoms with Crippen LogP contribution in [0.25, 0.3) is 0 Å². The topological polar surface area (TPSA) is 60.9 Å². The molecule has 1 aliphatic carbocycles. The van der Waals surface area contributed by atoms with Gasteiger partial charge in [-0.3, -0.25) is 14.5 Å². The molecular weight excluding hydrogens is 457 g/mol. The minimum Gasteiger partial charge on any atom is -0.324 e. The molecule has 7 heteroatoms. The summed E-state index contributed by atoms with van der Waals surface area (Å²) in [6.07, 6.45) is 6.37. The van der Waals surface area contributed by atoms with Crippen molar-refractivity contribution in [3.8, 4) is 0 Å². The van der Waals surface area contributed by atoms with E-state index in [1.165, 1.54) is 23.5 Å². The predicted octanol–water partition coefficient (Wildman–Crippen LogP) is 5.81. The van der Waals surface area contributed by atoms with Crippen molar-refractivity contribution in [2.75, 3.05) is 29.9 Å². The summed E-state index contributed by atoms with van der Waals surface area (Å²) in [7, 11) is 1.62. The number of urea groups is 1. The highest BCUT2D eigenvalue weighted by Crippen LogP contribution is 2.39. The van der Waals surface area contributed by atoms with E-state index in [0.29, 0.717) is 31.6 Å². The van der Waals surface area contributed by atoms with Gasteiger partial charge in [0.2, 0.25) is 5.91 Å². The van der Waals surface area contributed by atoms with Crippen molar-refractivity contribution in [2.45, 2.75) is 64.3 Å². The van der Waals surface area contributed by atoms with Crippen LogP contribution < -0.4 is 9.80 Å². The third kappa shape index (κ3) is 5.61. The minimum atomic E-state index is -0.785. The summed E-state index contributed by atoms with van der Waals surface area (Å²) < 4.78 is 13.6. The van der Waals surface area contributed by atoms with Crippen molar-refractivity contribution in [1.29, 1.82) is 0 Å². The average molecular weight is 494 g/mol. The van der Waals surface area contributed by atoms with Crippen LogP contribution in [0.3, 0.4) is 0 Å². The number of carbonyl (C=O) groups is 3. The van der Waals surface area contributed by atoms with Gasteiger partial charge < -0.3 is 9.80 Å². The summed E-state index contributed by atoms with van der Waals surface area (Å²) in [6.45, 7) is 2.32. The first-order chi connectivity index (χ1) is 17.3. The van der Waals surface area contributed by atoms with E-state index < -0.39 is 11.2 Å². The van der Waals surface area contributed by atoms with Crippen LogP contribution in [-0.4, -0.2) is 48.8 Å². The van der Waals surface area contributed by atoms with Crippen LogP contribution >= 0.6 is 0 Å². The van der Waals surface area contributed by atoms with Crippen molar-refractivity contribution < 1.29 is 18.8 Å². The number of carbonyl (C=O) groups excluding carboxylic acids is 3. The number of anilines is 2. The molecule has 1 saturated heterocycles. The van der Waals surface area contributed by atoms with Crippen molar-refractivity contribution in [3.05, 3.63) is 60.4 Å². The lowest BCUT2D eigenvalue weighted by atomic mass is 9.72. The molecule has 1 aliphatic heterocycles. The van der Waals surface area contributed by atoms with Gasteiger partial charge in [-0.2, -0.15) is 0 Å². The molecule has 2 fully saturated rings. The van der Waals surface area contributed by atoms with E-state index in [2.05, 4.69) is 0 Å². The molecule has 6 nitrogen and oxygen atoms in total. The van der Waals surface area contributed by atoms with E-state index in [1.54, 1.807) is 31.0 Å². The molecule has 1 saturated carbocycles. The molecule has 0 atom stereocenters. The molecule has 2 aromatic carbocycles. The maximum absolute atomic E-state index is 13.8. The second-order valence-corrected chi connectivity index (χ2v) is 10.2. The largest absolute Gasteiger partial charge is 0.324 e. The Morgan fingerprint density at radius 1 is 0.944 bits per heavy atom. The summed E-state index contributed by atoms with van der Waals surface area (Å²) in [5.41, 5.74) is 0.578. The van der Waals surface area contributed by atoms with Gasteiger partial charge in [0.1, 0.15) is 11.6 Å². The van der Waals surface area contributed by atoms with Crippen molar-refractivity contribution in [3.63, 3.8) is 0 Å². The summed E-state index contributed by atoms with van der Waals surface area (Å²) in [5, 5.41) is 0. The van der Waals surface area contributed by atoms with Crippen LogP contribution in [0, 0.1) is 11.2 Å². The molecule has 0 unspecified atom stereocenters. The van der Waals surface area contributed by atoms with Crippen LogP contribution in [0.4, 0.5) is 20.6 Å². The third-order valence-corrected chi connectivity index (χ3v) is 7.95. The highest BCUT2D eigenvalue weighted by molar-refractivity contribution is 5.98. The Bertz CT molecular complexity index is 1080. The number of ketones is 1. The fourth-order valence-corrected chi connectivity index (χ4v) is 5.65. The molecular formula is C29H36FN3O3. The normalized spacial score (nSPS) is 17.9. The number of benzene rings is 2. The van der Waals surface area contributed by atoms with E-state index >= 15 is 0 Å². The quantitative estimate of drug-likeness (QED) is 0.510. The Hall–Kier alpha value is -3.22. The van der Waals surface area contributed by atoms with E-state index in [9.17, 15) is 18.8 Å². The highest BCUT2D eigenvalue weighted by atomic mass is 19.1. The molecule has 0 N–H and O–H groups in total. The van der Waals surface area contributed by atoms with Gasteiger partial charge in [-0.25, -0.2) is 9.18 Å². The summed E-state index contributed by atoms with van der Waals surface area (Å²) in [5.74, 6) is -0.418. The first-order valence-electron chi connectivity index (χ1n) is 13.0. The smallest absolute Gasteiger partial charge is 0.324 e. The lowest BCUT2D eigenvalue weighted by Crippen LogP contribution is -2.52. The number of amides is 3. The minimum absolute atomic E-state index is 0.00177. The first-order valence-corrected chi connectivity index (χ1v) is 13.0. The molecule has 1 heterocycles. The van der Waals surface area contributed by atoms with Gasteiger partial charge in [0, 0.05) is 49.4 Å². The number of para-hydroxylation sites is 1. The van der Waals surface area contributed by atoms with Crippen LogP contribution in [0.15, 0.2) is 54.6 Å². The Morgan fingerprint density at radius 3 is 2.19 bits per heavy atom. The number of halogens is 1. The number of rotatable bonds is 6. The fraction of sp³-hybridized carbons (Fsp3) is 0.483. The van der Waals surface area contributed by atoms with Gasteiger partial charge in [0.15, 0.2) is 0 Å². The first kappa shape index (κ1) is 25.9. The lowest BCUT2D eigenvalue weighted by Gasteiger charge is -2.42. The monoisotopic (exact) mass is 493 g/mol. The van der Waals surface area contributed by atoms with Gasteiger partial charge in [0.05, 0.1) is 0 Å². The molecule has 0 spiro atoms. The van der Waals surface area contributed by atoms with Gasteiger partial charge >= 0.3 is 6.03 Å². The summed E-state index contributed by atoms with van der Waals surface area (Å²) >= 11 is 0. The van der Waals surface area contributed by atoms with Gasteiger partial charge in [-0.1, -0.05) is 43.5 Å². The van der Waals surface area contributed by atoms with Gasteiger partial charge in [-0.15, -0.1) is 0 Å². The number of nitrogens with zero attached hydrogens (tertiary/aromatic N) is 3. The standard InChI is InChI=1S/C29H36FN3O3/c1-22(34)29(16-18-32(19-17-29)28(36)31(2)26-15-9-10-23(30)20-26)21-27(35)33(24-11-5-3-6-12-24)25-13-7-4-8-14-25/h3,5-6,9-12,15,20,25H,4,7-8,13-14,16-19,21H2,1-2H3. The Balaban J connectivity index is 1.47. The maximum atomic E-state index is 13.8. The third-order valence-electron chi connectivity index (χ3n) is 7.95. The molecule has 2 aromatic rings. The molecule has 0 radical (unpaired) electrons. The van der Waals surface area contributed by atoms with Crippen molar-refractivity contribution in [2.24, 2.45) is 5.41 Å². The molecule has 192 valence electrons. The van der Waals surface area contributed by atoms with E-state index in [-0.39, 0.29) is 30.2 Å². The van der Waals surface area contributed by atoms with Crippen LogP contribution in [-0.2, 0) is 9.59 Å². The van der Waals surface area contributed by atoms with Crippen LogP contribution in [0.5, 0.6) is 0 Å². The van der Waals surface area contributed by atoms with Crippen molar-refractivity contribution in [1.82, 2.24) is 4.90 Å². The maximum Gasteiger partial charge on any atom is 0.324 e. The SMILES string of the molecule is CC(=O)C1(CC(=O)N(c2ccccc2)C2CCCCC2)CCN(C(=O)N(C)c2cccc(F)c2)CC1. The summed E-state index contributed by atoms with van der Waals surface area (Å²) in [6, 6.07) is 15.6. The van der Waals surface area contributed by atoms with E-state index in [0.717, 1.165) is 31.4 Å². The Labute approximate surface area is 213 Å². The predicted molar refractivity (Wildman–Crippen MR) is 140 cm³/mol. The zero-order valence-electron chi connectivity index (χ0n) is 21.3. The van der Waals surface area contributed by atoms with E-state index in [1.807, 2.05) is 35.2 Å². The number of likely N-dealkylation sites (tertiary alicyclic amines) is 1. The molecule has 4 rings (SSSR count). The molecule has 0 bridgehead atoms. The second kappa shape index (κ2) is 11.2. The van der Waals surface area contributed by atoms with Crippen LogP contribution in [0.1, 0.15) is 58.3 Å². The number of hydrogen-bond acceptors (Lipinski definition) is 3. The van der Waals surface area contributed by atoms with Gasteiger partial charge in [-0.05, 0) is 62.9 Å². The Morgan fingerprint density at radius 2 is 1.58 bits per heavy atom. The zero-order chi connectivity index (χ0) is 25.7. The average Bonchev–Trinajstić information content (AvgIpc) is 2.89. The fourth-order valence-electron chi connectivity index (χ4n) is 5.65. The van der Waals surface area contributed by atoms with E-state index in [4.69, 9.17) is 0 Å². The van der Waals surface area contributed by atoms with Crippen molar-refractivity contribution >= 4 is 29.1 Å². The molecule has 3 amide bonds. The van der Waals surface area contributed by atoms with Gasteiger partial charge in [0.25, 0.3) is 0 Å². The molecule has 36 heavy (non-hydrogen) atoms.